The molecular formula is C9H18N4O. The van der Waals surface area contributed by atoms with Crippen LogP contribution in [0.5, 0.6) is 0 Å². The van der Waals surface area contributed by atoms with Gasteiger partial charge in [-0.15, -0.1) is 0 Å². The number of hydrogen-bond acceptors (Lipinski definition) is 3. The molecular weight excluding hydrogens is 180 g/mol. The number of likely N-dealkylation sites (tertiary alicyclic amines) is 1. The third-order valence-corrected chi connectivity index (χ3v) is 2.93. The van der Waals surface area contributed by atoms with Crippen molar-refractivity contribution < 1.29 is 4.79 Å². The predicted octanol–water partition coefficient (Wildman–Crippen LogP) is -0.691. The molecule has 1 atom stereocenters. The van der Waals surface area contributed by atoms with Crippen molar-refractivity contribution >= 4 is 6.03 Å². The van der Waals surface area contributed by atoms with Crippen LogP contribution >= 0.6 is 0 Å². The highest BCUT2D eigenvalue weighted by molar-refractivity contribution is 5.74. The fourth-order valence-electron chi connectivity index (χ4n) is 1.86. The summed E-state index contributed by atoms with van der Waals surface area (Å²) in [6, 6.07) is 0.289. The normalized spacial score (nSPS) is 28.5. The van der Waals surface area contributed by atoms with E-state index in [4.69, 9.17) is 0 Å². The van der Waals surface area contributed by atoms with E-state index in [1.54, 1.807) is 0 Å². The van der Waals surface area contributed by atoms with Crippen molar-refractivity contribution in [3.8, 4) is 0 Å². The van der Waals surface area contributed by atoms with E-state index < -0.39 is 0 Å². The Morgan fingerprint density at radius 3 is 2.71 bits per heavy atom. The van der Waals surface area contributed by atoms with Crippen LogP contribution in [0.25, 0.3) is 0 Å². The number of rotatable bonds is 2. The van der Waals surface area contributed by atoms with Gasteiger partial charge in [0.1, 0.15) is 0 Å². The van der Waals surface area contributed by atoms with Crippen molar-refractivity contribution in [1.82, 2.24) is 20.9 Å². The standard InChI is InChI=1S/C9H18N4O/c1-13-4-2-3-8(13)12-9(14)11-7-5-10-6-7/h7-8,10H,2-6H2,1H3,(H2,11,12,14). The van der Waals surface area contributed by atoms with Gasteiger partial charge in [-0.1, -0.05) is 0 Å². The molecule has 0 bridgehead atoms. The van der Waals surface area contributed by atoms with Crippen molar-refractivity contribution in [3.63, 3.8) is 0 Å². The van der Waals surface area contributed by atoms with Crippen LogP contribution in [0, 0.1) is 0 Å². The van der Waals surface area contributed by atoms with Gasteiger partial charge >= 0.3 is 6.03 Å². The molecule has 2 heterocycles. The number of carbonyl (C=O) groups excluding carboxylic acids is 1. The average molecular weight is 198 g/mol. The van der Waals surface area contributed by atoms with E-state index in [0.29, 0.717) is 6.04 Å². The van der Waals surface area contributed by atoms with Crippen molar-refractivity contribution in [3.05, 3.63) is 0 Å². The average Bonchev–Trinajstić information content (AvgIpc) is 2.45. The largest absolute Gasteiger partial charge is 0.333 e. The van der Waals surface area contributed by atoms with Gasteiger partial charge in [-0.05, 0) is 26.4 Å². The molecule has 0 aliphatic carbocycles. The first-order valence-electron chi connectivity index (χ1n) is 5.23. The van der Waals surface area contributed by atoms with E-state index >= 15 is 0 Å². The molecule has 2 fully saturated rings. The topological polar surface area (TPSA) is 56.4 Å². The lowest BCUT2D eigenvalue weighted by Crippen LogP contribution is -2.60. The van der Waals surface area contributed by atoms with Gasteiger partial charge in [0.15, 0.2) is 0 Å². The molecule has 2 aliphatic rings. The molecule has 1 unspecified atom stereocenters. The summed E-state index contributed by atoms with van der Waals surface area (Å²) in [4.78, 5) is 13.7. The van der Waals surface area contributed by atoms with E-state index in [9.17, 15) is 4.79 Å². The minimum Gasteiger partial charge on any atom is -0.333 e. The summed E-state index contributed by atoms with van der Waals surface area (Å²) in [6.45, 7) is 2.87. The molecule has 2 saturated heterocycles. The molecule has 2 aliphatic heterocycles. The van der Waals surface area contributed by atoms with Gasteiger partial charge in [0.2, 0.25) is 0 Å². The van der Waals surface area contributed by atoms with Crippen molar-refractivity contribution in [2.75, 3.05) is 26.7 Å². The minimum atomic E-state index is -0.0322. The van der Waals surface area contributed by atoms with Crippen molar-refractivity contribution in [1.29, 1.82) is 0 Å². The zero-order valence-corrected chi connectivity index (χ0v) is 8.55. The Balaban J connectivity index is 1.70. The van der Waals surface area contributed by atoms with Gasteiger partial charge in [-0.3, -0.25) is 4.90 Å². The summed E-state index contributed by atoms with van der Waals surface area (Å²) in [5.74, 6) is 0. The Hall–Kier alpha value is -0.810. The SMILES string of the molecule is CN1CCCC1NC(=O)NC1CNC1. The summed E-state index contributed by atoms with van der Waals surface area (Å²) in [7, 11) is 2.04. The molecule has 5 heteroatoms. The van der Waals surface area contributed by atoms with Gasteiger partial charge in [-0.2, -0.15) is 0 Å². The third-order valence-electron chi connectivity index (χ3n) is 2.93. The first-order chi connectivity index (χ1) is 6.75. The van der Waals surface area contributed by atoms with E-state index in [-0.39, 0.29) is 12.2 Å². The Bertz CT molecular complexity index is 217. The fraction of sp³-hybridized carbons (Fsp3) is 0.889. The number of carbonyl (C=O) groups is 1. The van der Waals surface area contributed by atoms with Crippen molar-refractivity contribution in [2.24, 2.45) is 0 Å². The third kappa shape index (κ3) is 2.16. The monoisotopic (exact) mass is 198 g/mol. The molecule has 2 amide bonds. The number of nitrogens with zero attached hydrogens (tertiary/aromatic N) is 1. The number of nitrogens with one attached hydrogen (secondary N) is 3. The lowest BCUT2D eigenvalue weighted by molar-refractivity contribution is 0.209. The number of urea groups is 1. The summed E-state index contributed by atoms with van der Waals surface area (Å²) in [6.07, 6.45) is 2.46. The molecule has 2 rings (SSSR count). The second-order valence-electron chi connectivity index (χ2n) is 4.11. The Labute approximate surface area is 84.2 Å². The van der Waals surface area contributed by atoms with Crippen LogP contribution in [-0.4, -0.2) is 49.8 Å². The van der Waals surface area contributed by atoms with E-state index in [2.05, 4.69) is 20.9 Å². The maximum atomic E-state index is 11.5. The first-order valence-corrected chi connectivity index (χ1v) is 5.23. The van der Waals surface area contributed by atoms with Gasteiger partial charge in [0.05, 0.1) is 12.2 Å². The zero-order chi connectivity index (χ0) is 9.97. The Morgan fingerprint density at radius 2 is 2.21 bits per heavy atom. The molecule has 5 nitrogen and oxygen atoms in total. The van der Waals surface area contributed by atoms with Crippen LogP contribution < -0.4 is 16.0 Å². The van der Waals surface area contributed by atoms with Crippen LogP contribution in [0.1, 0.15) is 12.8 Å². The predicted molar refractivity (Wildman–Crippen MR) is 54.0 cm³/mol. The smallest absolute Gasteiger partial charge is 0.316 e. The molecule has 14 heavy (non-hydrogen) atoms. The molecule has 0 aromatic carbocycles. The van der Waals surface area contributed by atoms with Crippen LogP contribution in [0.4, 0.5) is 4.79 Å². The Kier molecular flexibility index (Phi) is 2.88. The highest BCUT2D eigenvalue weighted by Crippen LogP contribution is 2.11. The molecule has 80 valence electrons. The number of hydrogen-bond donors (Lipinski definition) is 3. The van der Waals surface area contributed by atoms with Crippen LogP contribution in [0.15, 0.2) is 0 Å². The molecule has 0 aromatic heterocycles. The molecule has 3 N–H and O–H groups in total. The highest BCUT2D eigenvalue weighted by Gasteiger charge is 2.24. The second-order valence-corrected chi connectivity index (χ2v) is 4.11. The van der Waals surface area contributed by atoms with Gasteiger partial charge in [0.25, 0.3) is 0 Å². The maximum Gasteiger partial charge on any atom is 0.316 e. The number of amides is 2. The van der Waals surface area contributed by atoms with E-state index in [0.717, 1.165) is 26.1 Å². The molecule has 0 saturated carbocycles. The maximum absolute atomic E-state index is 11.5. The molecule has 0 aromatic rings. The van der Waals surface area contributed by atoms with Crippen molar-refractivity contribution in [2.45, 2.75) is 25.0 Å². The summed E-state index contributed by atoms with van der Waals surface area (Å²) < 4.78 is 0. The van der Waals surface area contributed by atoms with Crippen LogP contribution in [0.2, 0.25) is 0 Å². The highest BCUT2D eigenvalue weighted by atomic mass is 16.2. The summed E-state index contributed by atoms with van der Waals surface area (Å²) in [5, 5.41) is 9.02. The fourth-order valence-corrected chi connectivity index (χ4v) is 1.86. The Morgan fingerprint density at radius 1 is 1.43 bits per heavy atom. The zero-order valence-electron chi connectivity index (χ0n) is 8.55. The first kappa shape index (κ1) is 9.73. The minimum absolute atomic E-state index is 0.0322. The quantitative estimate of drug-likeness (QED) is 0.550. The summed E-state index contributed by atoms with van der Waals surface area (Å²) in [5.41, 5.74) is 0. The lowest BCUT2D eigenvalue weighted by Gasteiger charge is -2.29. The molecule has 0 spiro atoms. The molecule has 0 radical (unpaired) electrons. The van der Waals surface area contributed by atoms with E-state index in [1.807, 2.05) is 7.05 Å². The van der Waals surface area contributed by atoms with Crippen LogP contribution in [0.3, 0.4) is 0 Å². The summed E-state index contributed by atoms with van der Waals surface area (Å²) >= 11 is 0. The van der Waals surface area contributed by atoms with Gasteiger partial charge < -0.3 is 16.0 Å². The van der Waals surface area contributed by atoms with Crippen LogP contribution in [-0.2, 0) is 0 Å². The lowest BCUT2D eigenvalue weighted by atomic mass is 10.2. The second kappa shape index (κ2) is 4.14. The van der Waals surface area contributed by atoms with Gasteiger partial charge in [0, 0.05) is 13.1 Å². The van der Waals surface area contributed by atoms with E-state index in [1.165, 1.54) is 6.42 Å². The van der Waals surface area contributed by atoms with Gasteiger partial charge in [-0.25, -0.2) is 4.79 Å².